The summed E-state index contributed by atoms with van der Waals surface area (Å²) in [5.74, 6) is 0.761. The molecule has 0 aliphatic heterocycles. The Labute approximate surface area is 128 Å². The lowest BCUT2D eigenvalue weighted by Gasteiger charge is -2.21. The van der Waals surface area contributed by atoms with Crippen molar-refractivity contribution in [1.82, 2.24) is 4.90 Å². The smallest absolute Gasteiger partial charge is 0.142 e. The van der Waals surface area contributed by atoms with Crippen LogP contribution in [0.3, 0.4) is 0 Å². The maximum atomic E-state index is 6.00. The molecule has 0 aliphatic rings. The van der Waals surface area contributed by atoms with E-state index in [1.54, 1.807) is 14.2 Å². The summed E-state index contributed by atoms with van der Waals surface area (Å²) < 4.78 is 15.7. The molecule has 0 bridgehead atoms. The summed E-state index contributed by atoms with van der Waals surface area (Å²) in [4.78, 5) is 2.33. The third kappa shape index (κ3) is 6.80. The van der Waals surface area contributed by atoms with Crippen LogP contribution in [-0.4, -0.2) is 58.6 Å². The molecule has 0 amide bonds. The monoisotopic (exact) mass is 296 g/mol. The Balaban J connectivity index is 2.51. The highest BCUT2D eigenvalue weighted by Crippen LogP contribution is 2.22. The first-order valence-electron chi connectivity index (χ1n) is 7.42. The number of ether oxygens (including phenoxy) is 3. The van der Waals surface area contributed by atoms with Gasteiger partial charge >= 0.3 is 0 Å². The Morgan fingerprint density at radius 3 is 2.24 bits per heavy atom. The molecule has 0 radical (unpaired) electrons. The van der Waals surface area contributed by atoms with E-state index in [1.807, 2.05) is 19.1 Å². The predicted octanol–water partition coefficient (Wildman–Crippen LogP) is 1.80. The lowest BCUT2D eigenvalue weighted by atomic mass is 10.1. The van der Waals surface area contributed by atoms with Crippen molar-refractivity contribution in [2.24, 2.45) is 0 Å². The second kappa shape index (κ2) is 10.4. The van der Waals surface area contributed by atoms with Crippen molar-refractivity contribution >= 4 is 5.69 Å². The van der Waals surface area contributed by atoms with Gasteiger partial charge in [0.1, 0.15) is 5.75 Å². The molecule has 0 aromatic heterocycles. The summed E-state index contributed by atoms with van der Waals surface area (Å²) in [6.45, 7) is 6.82. The Hall–Kier alpha value is -1.30. The second-order valence-corrected chi connectivity index (χ2v) is 4.88. The van der Waals surface area contributed by atoms with Crippen LogP contribution in [0.25, 0.3) is 0 Å². The van der Waals surface area contributed by atoms with Gasteiger partial charge in [0.05, 0.1) is 25.5 Å². The number of nitrogens with two attached hydrogens (primary N) is 1. The van der Waals surface area contributed by atoms with E-state index < -0.39 is 0 Å². The topological polar surface area (TPSA) is 57.0 Å². The first-order valence-corrected chi connectivity index (χ1v) is 7.42. The van der Waals surface area contributed by atoms with E-state index in [-0.39, 0.29) is 0 Å². The number of hydrogen-bond acceptors (Lipinski definition) is 5. The average molecular weight is 296 g/mol. The summed E-state index contributed by atoms with van der Waals surface area (Å²) in [6.07, 6.45) is 0.948. The van der Waals surface area contributed by atoms with E-state index in [1.165, 1.54) is 5.56 Å². The van der Waals surface area contributed by atoms with Crippen molar-refractivity contribution in [2.45, 2.75) is 13.3 Å². The lowest BCUT2D eigenvalue weighted by molar-refractivity contribution is 0.115. The second-order valence-electron chi connectivity index (χ2n) is 4.88. The van der Waals surface area contributed by atoms with Crippen molar-refractivity contribution in [3.8, 4) is 5.75 Å². The minimum atomic E-state index is 0.630. The molecular formula is C16H28N2O3. The van der Waals surface area contributed by atoms with Gasteiger partial charge in [-0.25, -0.2) is 0 Å². The fourth-order valence-electron chi connectivity index (χ4n) is 2.10. The van der Waals surface area contributed by atoms with E-state index >= 15 is 0 Å². The number of rotatable bonds is 11. The molecule has 0 fully saturated rings. The highest BCUT2D eigenvalue weighted by molar-refractivity contribution is 5.54. The molecule has 21 heavy (non-hydrogen) atoms. The van der Waals surface area contributed by atoms with Gasteiger partial charge < -0.3 is 19.9 Å². The lowest BCUT2D eigenvalue weighted by Crippen LogP contribution is -2.32. The van der Waals surface area contributed by atoms with E-state index in [0.717, 1.165) is 45.0 Å². The molecule has 5 nitrogen and oxygen atoms in total. The minimum absolute atomic E-state index is 0.630. The largest absolute Gasteiger partial charge is 0.492 e. The number of methoxy groups -OCH3 is 2. The van der Waals surface area contributed by atoms with Crippen LogP contribution in [0, 0.1) is 0 Å². The molecule has 120 valence electrons. The first-order chi connectivity index (χ1) is 10.2. The molecule has 0 aliphatic carbocycles. The third-order valence-electron chi connectivity index (χ3n) is 3.31. The molecule has 1 rings (SSSR count). The third-order valence-corrected chi connectivity index (χ3v) is 3.31. The Morgan fingerprint density at radius 1 is 1.05 bits per heavy atom. The van der Waals surface area contributed by atoms with Crippen LogP contribution in [0.15, 0.2) is 18.2 Å². The van der Waals surface area contributed by atoms with Crippen LogP contribution >= 0.6 is 0 Å². The first kappa shape index (κ1) is 17.8. The van der Waals surface area contributed by atoms with E-state index in [9.17, 15) is 0 Å². The molecule has 1 aromatic carbocycles. The van der Waals surface area contributed by atoms with Crippen LogP contribution in [0.4, 0.5) is 5.69 Å². The summed E-state index contributed by atoms with van der Waals surface area (Å²) in [5, 5.41) is 0. The fraction of sp³-hybridized carbons (Fsp3) is 0.625. The van der Waals surface area contributed by atoms with Crippen LogP contribution < -0.4 is 10.5 Å². The van der Waals surface area contributed by atoms with E-state index in [0.29, 0.717) is 12.3 Å². The van der Waals surface area contributed by atoms with E-state index in [2.05, 4.69) is 11.0 Å². The maximum Gasteiger partial charge on any atom is 0.142 e. The van der Waals surface area contributed by atoms with Crippen LogP contribution in [-0.2, 0) is 15.9 Å². The normalized spacial score (nSPS) is 11.0. The Bertz CT molecular complexity index is 391. The molecule has 0 atom stereocenters. The van der Waals surface area contributed by atoms with Crippen LogP contribution in [0.2, 0.25) is 0 Å². The summed E-state index contributed by atoms with van der Waals surface area (Å²) in [7, 11) is 3.45. The zero-order valence-corrected chi connectivity index (χ0v) is 13.4. The Kier molecular flexibility index (Phi) is 8.82. The molecule has 0 spiro atoms. The molecule has 0 saturated carbocycles. The van der Waals surface area contributed by atoms with Crippen molar-refractivity contribution in [1.29, 1.82) is 0 Å². The number of nitrogen functional groups attached to an aromatic ring is 1. The molecule has 0 saturated heterocycles. The van der Waals surface area contributed by atoms with Gasteiger partial charge in [-0.1, -0.05) is 6.07 Å². The highest BCUT2D eigenvalue weighted by atomic mass is 16.5. The van der Waals surface area contributed by atoms with E-state index in [4.69, 9.17) is 19.9 Å². The van der Waals surface area contributed by atoms with Crippen molar-refractivity contribution in [3.05, 3.63) is 23.8 Å². The zero-order chi connectivity index (χ0) is 15.5. The van der Waals surface area contributed by atoms with Gasteiger partial charge in [-0.3, -0.25) is 4.90 Å². The molecule has 0 unspecified atom stereocenters. The number of benzene rings is 1. The summed E-state index contributed by atoms with van der Waals surface area (Å²) in [5.41, 5.74) is 7.92. The molecule has 2 N–H and O–H groups in total. The average Bonchev–Trinajstić information content (AvgIpc) is 2.49. The van der Waals surface area contributed by atoms with Crippen molar-refractivity contribution in [3.63, 3.8) is 0 Å². The SMILES string of the molecule is CCOc1ccc(CCN(CCOC)CCOC)cc1N. The van der Waals surface area contributed by atoms with Gasteiger partial charge in [0.15, 0.2) is 0 Å². The molecule has 0 heterocycles. The van der Waals surface area contributed by atoms with Crippen molar-refractivity contribution in [2.75, 3.05) is 59.4 Å². The highest BCUT2D eigenvalue weighted by Gasteiger charge is 2.06. The van der Waals surface area contributed by atoms with Gasteiger partial charge in [-0.2, -0.15) is 0 Å². The molecule has 5 heteroatoms. The standard InChI is InChI=1S/C16H28N2O3/c1-4-21-16-6-5-14(13-15(16)17)7-8-18(9-11-19-2)10-12-20-3/h5-6,13H,4,7-12,17H2,1-3H3. The van der Waals surface area contributed by atoms with Gasteiger partial charge in [0, 0.05) is 33.9 Å². The fourth-order valence-corrected chi connectivity index (χ4v) is 2.10. The van der Waals surface area contributed by atoms with Gasteiger partial charge in [-0.15, -0.1) is 0 Å². The summed E-state index contributed by atoms with van der Waals surface area (Å²) >= 11 is 0. The van der Waals surface area contributed by atoms with Gasteiger partial charge in [0.25, 0.3) is 0 Å². The van der Waals surface area contributed by atoms with Crippen LogP contribution in [0.5, 0.6) is 5.75 Å². The van der Waals surface area contributed by atoms with Gasteiger partial charge in [0.2, 0.25) is 0 Å². The quantitative estimate of drug-likeness (QED) is 0.631. The number of anilines is 1. The number of nitrogens with zero attached hydrogens (tertiary/aromatic N) is 1. The van der Waals surface area contributed by atoms with Gasteiger partial charge in [-0.05, 0) is 31.0 Å². The maximum absolute atomic E-state index is 6.00. The zero-order valence-electron chi connectivity index (χ0n) is 13.4. The molecule has 1 aromatic rings. The molecular weight excluding hydrogens is 268 g/mol. The van der Waals surface area contributed by atoms with Crippen LogP contribution in [0.1, 0.15) is 12.5 Å². The van der Waals surface area contributed by atoms with Crippen molar-refractivity contribution < 1.29 is 14.2 Å². The predicted molar refractivity (Wildman–Crippen MR) is 85.9 cm³/mol. The number of hydrogen-bond donors (Lipinski definition) is 1. The Morgan fingerprint density at radius 2 is 1.71 bits per heavy atom. The minimum Gasteiger partial charge on any atom is -0.492 e. The summed E-state index contributed by atoms with van der Waals surface area (Å²) in [6, 6.07) is 6.02.